The summed E-state index contributed by atoms with van der Waals surface area (Å²) in [6.45, 7) is 2.01. The molecule has 0 saturated carbocycles. The van der Waals surface area contributed by atoms with Gasteiger partial charge in [0.2, 0.25) is 0 Å². The van der Waals surface area contributed by atoms with E-state index in [9.17, 15) is 0 Å². The highest BCUT2D eigenvalue weighted by atomic mass is 35.5. The first kappa shape index (κ1) is 17.3. The lowest BCUT2D eigenvalue weighted by Gasteiger charge is -2.07. The summed E-state index contributed by atoms with van der Waals surface area (Å²) in [4.78, 5) is 5.45. The molecule has 3 rings (SSSR count). The monoisotopic (exact) mass is 394 g/mol. The number of aromatic nitrogens is 1. The van der Waals surface area contributed by atoms with Crippen LogP contribution in [0.25, 0.3) is 10.6 Å². The first-order valence-electron chi connectivity index (χ1n) is 6.99. The molecule has 3 aromatic rings. The van der Waals surface area contributed by atoms with Gasteiger partial charge in [-0.2, -0.15) is 0 Å². The van der Waals surface area contributed by atoms with E-state index >= 15 is 0 Å². The molecule has 0 saturated heterocycles. The molecule has 24 heavy (non-hydrogen) atoms. The van der Waals surface area contributed by atoms with Gasteiger partial charge in [-0.25, -0.2) is 4.98 Å². The lowest BCUT2D eigenvalue weighted by molar-refractivity contribution is 1.35. The van der Waals surface area contributed by atoms with Crippen LogP contribution in [-0.4, -0.2) is 17.1 Å². The number of thioether (sulfide) groups is 1. The average molecular weight is 395 g/mol. The molecule has 0 unspecified atom stereocenters. The average Bonchev–Trinajstić information content (AvgIpc) is 3.16. The zero-order chi connectivity index (χ0) is 17.3. The lowest BCUT2D eigenvalue weighted by Crippen LogP contribution is -2.08. The van der Waals surface area contributed by atoms with Crippen LogP contribution in [0.2, 0.25) is 5.02 Å². The van der Waals surface area contributed by atoms with Crippen LogP contribution in [0.5, 0.6) is 0 Å². The summed E-state index contributed by atoms with van der Waals surface area (Å²) in [6, 6.07) is 7.66. The van der Waals surface area contributed by atoms with E-state index in [4.69, 9.17) is 22.7 Å². The summed E-state index contributed by atoms with van der Waals surface area (Å²) in [7, 11) is 0. The Morgan fingerprint density at radius 2 is 2.17 bits per heavy atom. The molecule has 0 amide bonds. The number of nitrogens with zero attached hydrogens (tertiary/aromatic N) is 1. The second-order valence-electron chi connectivity index (χ2n) is 5.05. The van der Waals surface area contributed by atoms with Crippen LogP contribution in [0.15, 0.2) is 33.9 Å². The van der Waals surface area contributed by atoms with Gasteiger partial charge in [0.25, 0.3) is 0 Å². The van der Waals surface area contributed by atoms with E-state index in [1.165, 1.54) is 11.3 Å². The molecule has 0 spiro atoms. The number of hydrogen-bond acceptors (Lipinski definition) is 6. The van der Waals surface area contributed by atoms with Crippen molar-refractivity contribution in [2.75, 3.05) is 11.6 Å². The Kier molecular flexibility index (Phi) is 5.15. The molecule has 0 bridgehead atoms. The van der Waals surface area contributed by atoms with Gasteiger partial charge >= 0.3 is 0 Å². The molecule has 0 aliphatic carbocycles. The molecule has 4 N–H and O–H groups in total. The van der Waals surface area contributed by atoms with Crippen molar-refractivity contribution in [3.8, 4) is 10.6 Å². The van der Waals surface area contributed by atoms with Crippen molar-refractivity contribution in [1.29, 1.82) is 5.41 Å². The van der Waals surface area contributed by atoms with E-state index < -0.39 is 0 Å². The van der Waals surface area contributed by atoms with E-state index in [1.807, 2.05) is 42.8 Å². The first-order chi connectivity index (χ1) is 11.5. The predicted molar refractivity (Wildman–Crippen MR) is 108 cm³/mol. The van der Waals surface area contributed by atoms with Gasteiger partial charge in [-0.3, -0.25) is 5.41 Å². The molecule has 0 atom stereocenters. The topological polar surface area (TPSA) is 74.8 Å². The zero-order valence-electron chi connectivity index (χ0n) is 13.0. The van der Waals surface area contributed by atoms with E-state index in [-0.39, 0.29) is 5.84 Å². The Hall–Kier alpha value is -1.54. The number of aryl methyl sites for hydroxylation is 1. The van der Waals surface area contributed by atoms with E-state index in [0.717, 1.165) is 41.7 Å². The Morgan fingerprint density at radius 3 is 2.83 bits per heavy atom. The molecule has 0 fully saturated rings. The summed E-state index contributed by atoms with van der Waals surface area (Å²) in [5, 5.41) is 14.6. The van der Waals surface area contributed by atoms with Crippen LogP contribution in [0.1, 0.15) is 10.4 Å². The van der Waals surface area contributed by atoms with Crippen molar-refractivity contribution >= 4 is 63.4 Å². The van der Waals surface area contributed by atoms with Gasteiger partial charge in [0.15, 0.2) is 0 Å². The minimum absolute atomic E-state index is 0.0910. The standard InChI is InChI=1S/C16H15ClN4S3/c1-8-5-9(17)3-4-11(8)20-13-7-23-15(21-13)10-6-12(14(18)19)24-16(10)22-2/h3-7,20H,1-2H3,(H3,18,19). The van der Waals surface area contributed by atoms with Gasteiger partial charge < -0.3 is 11.1 Å². The molecule has 0 aliphatic heterocycles. The maximum absolute atomic E-state index is 7.62. The number of nitrogens with two attached hydrogens (primary N) is 1. The van der Waals surface area contributed by atoms with Crippen LogP contribution in [0.4, 0.5) is 11.5 Å². The number of benzene rings is 1. The summed E-state index contributed by atoms with van der Waals surface area (Å²) >= 11 is 10.7. The van der Waals surface area contributed by atoms with Gasteiger partial charge in [0.1, 0.15) is 16.7 Å². The van der Waals surface area contributed by atoms with Crippen molar-refractivity contribution in [2.24, 2.45) is 5.73 Å². The van der Waals surface area contributed by atoms with Crippen LogP contribution in [0.3, 0.4) is 0 Å². The Labute approximate surface area is 157 Å². The second kappa shape index (κ2) is 7.14. The number of nitrogen functional groups attached to an aromatic ring is 1. The summed E-state index contributed by atoms with van der Waals surface area (Å²) in [5.74, 6) is 0.885. The van der Waals surface area contributed by atoms with E-state index in [1.54, 1.807) is 23.1 Å². The fourth-order valence-electron chi connectivity index (χ4n) is 2.17. The molecular formula is C16H15ClN4S3. The number of amidine groups is 1. The minimum Gasteiger partial charge on any atom is -0.383 e. The number of anilines is 2. The molecule has 1 aromatic carbocycles. The van der Waals surface area contributed by atoms with Crippen LogP contribution >= 0.6 is 46.0 Å². The van der Waals surface area contributed by atoms with Crippen molar-refractivity contribution in [3.05, 3.63) is 45.1 Å². The molecule has 8 heteroatoms. The maximum Gasteiger partial charge on any atom is 0.142 e. The SMILES string of the molecule is CSc1sc(C(=N)N)cc1-c1nc(Nc2ccc(Cl)cc2C)cs1. The smallest absolute Gasteiger partial charge is 0.142 e. The second-order valence-corrected chi connectivity index (χ2v) is 8.47. The minimum atomic E-state index is 0.0910. The Morgan fingerprint density at radius 1 is 1.38 bits per heavy atom. The number of hydrogen-bond donors (Lipinski definition) is 3. The molecule has 2 aromatic heterocycles. The third-order valence-corrected chi connectivity index (χ3v) is 6.75. The largest absolute Gasteiger partial charge is 0.383 e. The number of rotatable bonds is 5. The fourth-order valence-corrected chi connectivity index (χ4v) is 5.03. The first-order valence-corrected chi connectivity index (χ1v) is 10.3. The van der Waals surface area contributed by atoms with Crippen LogP contribution in [-0.2, 0) is 0 Å². The Balaban J connectivity index is 1.89. The van der Waals surface area contributed by atoms with Crippen LogP contribution in [0, 0.1) is 12.3 Å². The van der Waals surface area contributed by atoms with Gasteiger partial charge in [0.05, 0.1) is 9.09 Å². The van der Waals surface area contributed by atoms with Crippen molar-refractivity contribution in [1.82, 2.24) is 4.98 Å². The van der Waals surface area contributed by atoms with Crippen LogP contribution < -0.4 is 11.1 Å². The van der Waals surface area contributed by atoms with E-state index in [2.05, 4.69) is 10.3 Å². The molecule has 2 heterocycles. The van der Waals surface area contributed by atoms with Gasteiger partial charge in [0, 0.05) is 21.7 Å². The van der Waals surface area contributed by atoms with Crippen molar-refractivity contribution < 1.29 is 0 Å². The highest BCUT2D eigenvalue weighted by Gasteiger charge is 2.15. The third-order valence-electron chi connectivity index (χ3n) is 3.33. The van der Waals surface area contributed by atoms with Gasteiger partial charge in [-0.1, -0.05) is 11.6 Å². The zero-order valence-corrected chi connectivity index (χ0v) is 16.2. The number of halogens is 1. The van der Waals surface area contributed by atoms with Gasteiger partial charge in [-0.05, 0) is 43.0 Å². The molecule has 124 valence electrons. The number of nitrogens with one attached hydrogen (secondary N) is 2. The van der Waals surface area contributed by atoms with Crippen molar-refractivity contribution in [2.45, 2.75) is 11.1 Å². The number of thiophene rings is 1. The highest BCUT2D eigenvalue weighted by Crippen LogP contribution is 2.40. The molecular weight excluding hydrogens is 380 g/mol. The van der Waals surface area contributed by atoms with Crippen molar-refractivity contribution in [3.63, 3.8) is 0 Å². The quantitative estimate of drug-likeness (QED) is 0.300. The van der Waals surface area contributed by atoms with Gasteiger partial charge in [-0.15, -0.1) is 34.4 Å². The number of thiazole rings is 1. The molecule has 4 nitrogen and oxygen atoms in total. The maximum atomic E-state index is 7.62. The lowest BCUT2D eigenvalue weighted by atomic mass is 10.2. The highest BCUT2D eigenvalue weighted by molar-refractivity contribution is 8.00. The Bertz CT molecular complexity index is 901. The summed E-state index contributed by atoms with van der Waals surface area (Å²) in [6.07, 6.45) is 2.02. The molecule has 0 aliphatic rings. The summed E-state index contributed by atoms with van der Waals surface area (Å²) < 4.78 is 1.11. The normalized spacial score (nSPS) is 10.8. The predicted octanol–water partition coefficient (Wildman–Crippen LogP) is 5.58. The summed E-state index contributed by atoms with van der Waals surface area (Å²) in [5.41, 5.74) is 8.69. The fraction of sp³-hybridized carbons (Fsp3) is 0.125. The molecule has 0 radical (unpaired) electrons. The third kappa shape index (κ3) is 3.59. The van der Waals surface area contributed by atoms with E-state index in [0.29, 0.717) is 0 Å².